The maximum atomic E-state index is 11.6. The van der Waals surface area contributed by atoms with Crippen molar-refractivity contribution < 1.29 is 9.53 Å². The number of carbonyl (C=O) groups is 1. The quantitative estimate of drug-likeness (QED) is 0.770. The third-order valence-corrected chi connectivity index (χ3v) is 3.21. The minimum absolute atomic E-state index is 0. The summed E-state index contributed by atoms with van der Waals surface area (Å²) >= 11 is 0. The summed E-state index contributed by atoms with van der Waals surface area (Å²) in [5.74, 6) is 0.858. The largest absolute Gasteiger partial charge is 0.380 e. The fraction of sp³-hybridized carbons (Fsp3) is 0.533. The molecule has 1 aliphatic rings. The predicted octanol–water partition coefficient (Wildman–Crippen LogP) is 1.87. The Kier molecular flexibility index (Phi) is 7.59. The van der Waals surface area contributed by atoms with Gasteiger partial charge in [0.1, 0.15) is 0 Å². The average Bonchev–Trinajstić information content (AvgIpc) is 3.21. The van der Waals surface area contributed by atoms with Crippen LogP contribution in [0, 0.1) is 5.92 Å². The topological polar surface area (TPSA) is 50.4 Å². The number of hydrogen-bond donors (Lipinski definition) is 2. The monoisotopic (exact) mass is 298 g/mol. The Morgan fingerprint density at radius 2 is 2.10 bits per heavy atom. The first-order chi connectivity index (χ1) is 9.28. The lowest BCUT2D eigenvalue weighted by Crippen LogP contribution is -2.34. The molecule has 1 amide bonds. The lowest BCUT2D eigenvalue weighted by Gasteiger charge is -2.08. The third-order valence-electron chi connectivity index (χ3n) is 3.21. The Morgan fingerprint density at radius 3 is 2.80 bits per heavy atom. The first-order valence-electron chi connectivity index (χ1n) is 6.82. The van der Waals surface area contributed by atoms with E-state index in [1.165, 1.54) is 12.8 Å². The number of amides is 1. The molecule has 5 heteroatoms. The fourth-order valence-corrected chi connectivity index (χ4v) is 1.97. The van der Waals surface area contributed by atoms with Crippen LogP contribution in [0.2, 0.25) is 0 Å². The molecule has 1 aromatic carbocycles. The fourth-order valence-electron chi connectivity index (χ4n) is 1.97. The number of halogens is 1. The van der Waals surface area contributed by atoms with Crippen molar-refractivity contribution in [1.29, 1.82) is 0 Å². The lowest BCUT2D eigenvalue weighted by molar-refractivity contribution is -0.120. The van der Waals surface area contributed by atoms with Crippen molar-refractivity contribution in [1.82, 2.24) is 10.6 Å². The van der Waals surface area contributed by atoms with Crippen molar-refractivity contribution in [3.8, 4) is 0 Å². The van der Waals surface area contributed by atoms with Crippen molar-refractivity contribution in [3.63, 3.8) is 0 Å². The van der Waals surface area contributed by atoms with Crippen LogP contribution in [0.5, 0.6) is 0 Å². The molecule has 2 N–H and O–H groups in total. The zero-order valence-corrected chi connectivity index (χ0v) is 12.7. The van der Waals surface area contributed by atoms with Crippen molar-refractivity contribution >= 4 is 18.3 Å². The maximum absolute atomic E-state index is 11.6. The summed E-state index contributed by atoms with van der Waals surface area (Å²) in [7, 11) is 1.68. The molecule has 112 valence electrons. The lowest BCUT2D eigenvalue weighted by atomic mass is 10.1. The van der Waals surface area contributed by atoms with Gasteiger partial charge in [-0.2, -0.15) is 0 Å². The van der Waals surface area contributed by atoms with Crippen LogP contribution in [0.1, 0.15) is 24.0 Å². The van der Waals surface area contributed by atoms with E-state index in [1.54, 1.807) is 7.11 Å². The molecule has 0 saturated heterocycles. The molecule has 2 rings (SSSR count). The summed E-state index contributed by atoms with van der Waals surface area (Å²) in [5, 5.41) is 6.10. The normalized spacial score (nSPS) is 13.7. The maximum Gasteiger partial charge on any atom is 0.234 e. The van der Waals surface area contributed by atoms with E-state index in [0.717, 1.165) is 23.6 Å². The molecular formula is C15H23ClN2O2. The van der Waals surface area contributed by atoms with Crippen molar-refractivity contribution in [3.05, 3.63) is 35.4 Å². The van der Waals surface area contributed by atoms with E-state index in [4.69, 9.17) is 4.74 Å². The van der Waals surface area contributed by atoms with Gasteiger partial charge in [0.2, 0.25) is 5.91 Å². The number of ether oxygens (including phenoxy) is 1. The summed E-state index contributed by atoms with van der Waals surface area (Å²) < 4.78 is 5.09. The van der Waals surface area contributed by atoms with E-state index in [0.29, 0.717) is 19.7 Å². The number of nitrogens with one attached hydrogen (secondary N) is 2. The molecule has 0 unspecified atom stereocenters. The van der Waals surface area contributed by atoms with Crippen LogP contribution >= 0.6 is 12.4 Å². The highest BCUT2D eigenvalue weighted by Gasteiger charge is 2.20. The molecule has 0 radical (unpaired) electrons. The molecule has 0 heterocycles. The number of rotatable bonds is 8. The van der Waals surface area contributed by atoms with Crippen LogP contribution in [0.25, 0.3) is 0 Å². The van der Waals surface area contributed by atoms with Crippen LogP contribution in [-0.2, 0) is 22.7 Å². The van der Waals surface area contributed by atoms with Crippen LogP contribution < -0.4 is 10.6 Å². The first-order valence-corrected chi connectivity index (χ1v) is 6.82. The number of hydrogen-bond acceptors (Lipinski definition) is 3. The summed E-state index contributed by atoms with van der Waals surface area (Å²) in [5.41, 5.74) is 2.23. The predicted molar refractivity (Wildman–Crippen MR) is 81.8 cm³/mol. The zero-order valence-electron chi connectivity index (χ0n) is 11.9. The van der Waals surface area contributed by atoms with Crippen molar-refractivity contribution in [2.24, 2.45) is 5.92 Å². The van der Waals surface area contributed by atoms with Gasteiger partial charge < -0.3 is 15.4 Å². The van der Waals surface area contributed by atoms with E-state index in [1.807, 2.05) is 18.2 Å². The van der Waals surface area contributed by atoms with E-state index < -0.39 is 0 Å². The Morgan fingerprint density at radius 1 is 1.35 bits per heavy atom. The van der Waals surface area contributed by atoms with Gasteiger partial charge in [0.05, 0.1) is 13.2 Å². The van der Waals surface area contributed by atoms with Crippen LogP contribution in [0.3, 0.4) is 0 Å². The zero-order chi connectivity index (χ0) is 13.5. The van der Waals surface area contributed by atoms with E-state index in [2.05, 4.69) is 16.7 Å². The molecule has 0 bridgehead atoms. The standard InChI is InChI=1S/C15H22N2O2.ClH/c1-19-11-14-4-2-3-13(7-14)9-17-15(18)10-16-8-12-5-6-12;/h2-4,7,12,16H,5-6,8-11H2,1H3,(H,17,18);1H. The van der Waals surface area contributed by atoms with Crippen LogP contribution in [0.15, 0.2) is 24.3 Å². The molecule has 0 aromatic heterocycles. The van der Waals surface area contributed by atoms with Gasteiger partial charge in [0.25, 0.3) is 0 Å². The second-order valence-electron chi connectivity index (χ2n) is 5.10. The van der Waals surface area contributed by atoms with Crippen LogP contribution in [-0.4, -0.2) is 26.1 Å². The van der Waals surface area contributed by atoms with Gasteiger partial charge in [0.15, 0.2) is 0 Å². The van der Waals surface area contributed by atoms with Gasteiger partial charge >= 0.3 is 0 Å². The van der Waals surface area contributed by atoms with Crippen molar-refractivity contribution in [2.45, 2.75) is 26.0 Å². The van der Waals surface area contributed by atoms with E-state index in [9.17, 15) is 4.79 Å². The molecular weight excluding hydrogens is 276 g/mol. The van der Waals surface area contributed by atoms with Crippen LogP contribution in [0.4, 0.5) is 0 Å². The highest BCUT2D eigenvalue weighted by atomic mass is 35.5. The minimum atomic E-state index is 0. The van der Waals surface area contributed by atoms with Gasteiger partial charge in [-0.3, -0.25) is 4.79 Å². The van der Waals surface area contributed by atoms with Gasteiger partial charge in [-0.1, -0.05) is 24.3 Å². The smallest absolute Gasteiger partial charge is 0.234 e. The molecule has 1 saturated carbocycles. The average molecular weight is 299 g/mol. The minimum Gasteiger partial charge on any atom is -0.380 e. The van der Waals surface area contributed by atoms with Gasteiger partial charge in [-0.05, 0) is 36.4 Å². The molecule has 1 fully saturated rings. The number of carbonyl (C=O) groups excluding carboxylic acids is 1. The molecule has 1 aliphatic carbocycles. The third kappa shape index (κ3) is 6.37. The Bertz CT molecular complexity index is 422. The summed E-state index contributed by atoms with van der Waals surface area (Å²) in [6.07, 6.45) is 2.61. The van der Waals surface area contributed by atoms with E-state index >= 15 is 0 Å². The SMILES string of the molecule is COCc1cccc(CNC(=O)CNCC2CC2)c1.Cl. The molecule has 1 aromatic rings. The second-order valence-corrected chi connectivity index (χ2v) is 5.10. The number of methoxy groups -OCH3 is 1. The van der Waals surface area contributed by atoms with Gasteiger partial charge in [0, 0.05) is 13.7 Å². The molecule has 0 spiro atoms. The molecule has 4 nitrogen and oxygen atoms in total. The number of benzene rings is 1. The van der Waals surface area contributed by atoms with Gasteiger partial charge in [-0.15, -0.1) is 12.4 Å². The van der Waals surface area contributed by atoms with E-state index in [-0.39, 0.29) is 18.3 Å². The first kappa shape index (κ1) is 17.0. The highest BCUT2D eigenvalue weighted by Crippen LogP contribution is 2.27. The second kappa shape index (κ2) is 8.95. The molecule has 20 heavy (non-hydrogen) atoms. The Hall–Kier alpha value is -1.10. The summed E-state index contributed by atoms with van der Waals surface area (Å²) in [6.45, 7) is 2.55. The summed E-state index contributed by atoms with van der Waals surface area (Å²) in [4.78, 5) is 11.6. The highest BCUT2D eigenvalue weighted by molar-refractivity contribution is 5.85. The summed E-state index contributed by atoms with van der Waals surface area (Å²) in [6, 6.07) is 8.08. The van der Waals surface area contributed by atoms with Gasteiger partial charge in [-0.25, -0.2) is 0 Å². The Labute approximate surface area is 126 Å². The van der Waals surface area contributed by atoms with Crippen molar-refractivity contribution in [2.75, 3.05) is 20.2 Å². The molecule has 0 atom stereocenters. The molecule has 0 aliphatic heterocycles. The Balaban J connectivity index is 0.00000200.